The lowest BCUT2D eigenvalue weighted by molar-refractivity contribution is -0.146. The summed E-state index contributed by atoms with van der Waals surface area (Å²) < 4.78 is 5.15. The van der Waals surface area contributed by atoms with Crippen molar-refractivity contribution in [3.05, 3.63) is 0 Å². The van der Waals surface area contributed by atoms with Crippen molar-refractivity contribution in [1.29, 1.82) is 0 Å². The summed E-state index contributed by atoms with van der Waals surface area (Å²) in [5.41, 5.74) is 14.9. The minimum absolute atomic E-state index is 0.140. The van der Waals surface area contributed by atoms with Gasteiger partial charge in [0.25, 0.3) is 0 Å². The predicted molar refractivity (Wildman–Crippen MR) is 61.9 cm³/mol. The maximum Gasteiger partial charge on any atom is 0.237 e. The van der Waals surface area contributed by atoms with Gasteiger partial charge in [0.15, 0.2) is 0 Å². The van der Waals surface area contributed by atoms with Crippen LogP contribution >= 0.6 is 0 Å². The summed E-state index contributed by atoms with van der Waals surface area (Å²) in [5.74, 6) is -1.90. The molecule has 2 atom stereocenters. The number of amides is 3. The van der Waals surface area contributed by atoms with E-state index in [0.717, 1.165) is 4.90 Å². The third-order valence-corrected chi connectivity index (χ3v) is 2.99. The molecule has 6 N–H and O–H groups in total. The molecule has 1 heterocycles. The van der Waals surface area contributed by atoms with Crippen molar-refractivity contribution in [1.82, 2.24) is 4.90 Å². The minimum atomic E-state index is -0.967. The highest BCUT2D eigenvalue weighted by molar-refractivity contribution is 5.91. The van der Waals surface area contributed by atoms with Gasteiger partial charge in [0.05, 0.1) is 31.7 Å². The highest BCUT2D eigenvalue weighted by atomic mass is 16.5. The summed E-state index contributed by atoms with van der Waals surface area (Å²) >= 11 is 0. The van der Waals surface area contributed by atoms with Crippen LogP contribution in [-0.2, 0) is 19.1 Å². The third kappa shape index (κ3) is 2.96. The zero-order valence-corrected chi connectivity index (χ0v) is 10.2. The van der Waals surface area contributed by atoms with E-state index in [-0.39, 0.29) is 26.3 Å². The largest absolute Gasteiger partial charge is 0.379 e. The normalized spacial score (nSPS) is 26.9. The predicted octanol–water partition coefficient (Wildman–Crippen LogP) is -2.85. The van der Waals surface area contributed by atoms with E-state index < -0.39 is 29.2 Å². The van der Waals surface area contributed by atoms with Crippen LogP contribution in [0.1, 0.15) is 6.92 Å². The molecule has 8 heteroatoms. The molecule has 2 unspecified atom stereocenters. The Bertz CT molecular complexity index is 357. The number of nitrogens with two attached hydrogens (primary N) is 3. The molecule has 0 spiro atoms. The minimum Gasteiger partial charge on any atom is -0.379 e. The second-order valence-electron chi connectivity index (χ2n) is 4.63. The molecule has 8 nitrogen and oxygen atoms in total. The van der Waals surface area contributed by atoms with Gasteiger partial charge >= 0.3 is 0 Å². The van der Waals surface area contributed by atoms with Gasteiger partial charge < -0.3 is 26.8 Å². The molecule has 0 aliphatic carbocycles. The summed E-state index contributed by atoms with van der Waals surface area (Å²) in [4.78, 5) is 35.1. The maximum absolute atomic E-state index is 12.3. The van der Waals surface area contributed by atoms with Crippen LogP contribution in [0.15, 0.2) is 0 Å². The second-order valence-corrected chi connectivity index (χ2v) is 4.63. The lowest BCUT2D eigenvalue weighted by Crippen LogP contribution is -2.54. The Morgan fingerprint density at radius 3 is 2.11 bits per heavy atom. The van der Waals surface area contributed by atoms with Crippen LogP contribution in [0, 0.1) is 5.41 Å². The van der Waals surface area contributed by atoms with Gasteiger partial charge in [0.2, 0.25) is 17.7 Å². The number of hydrogen-bond donors (Lipinski definition) is 3. The van der Waals surface area contributed by atoms with E-state index in [2.05, 4.69) is 0 Å². The molecule has 1 aliphatic rings. The first-order valence-electron chi connectivity index (χ1n) is 5.46. The van der Waals surface area contributed by atoms with Crippen molar-refractivity contribution in [3.8, 4) is 0 Å². The molecule has 3 amide bonds. The van der Waals surface area contributed by atoms with Crippen molar-refractivity contribution in [2.75, 3.05) is 26.3 Å². The molecule has 0 saturated carbocycles. The van der Waals surface area contributed by atoms with Gasteiger partial charge in [0.1, 0.15) is 0 Å². The van der Waals surface area contributed by atoms with E-state index in [1.807, 2.05) is 0 Å². The Kier molecular flexibility index (Phi) is 4.25. The van der Waals surface area contributed by atoms with Gasteiger partial charge in [-0.2, -0.15) is 0 Å². The number of hydrogen-bond acceptors (Lipinski definition) is 5. The Labute approximate surface area is 104 Å². The van der Waals surface area contributed by atoms with E-state index in [4.69, 9.17) is 21.9 Å². The lowest BCUT2D eigenvalue weighted by Gasteiger charge is -2.31. The van der Waals surface area contributed by atoms with Crippen LogP contribution in [0.3, 0.4) is 0 Å². The monoisotopic (exact) mass is 258 g/mol. The number of carbonyl (C=O) groups excluding carboxylic acids is 3. The van der Waals surface area contributed by atoms with E-state index in [1.54, 1.807) is 6.92 Å². The Morgan fingerprint density at radius 1 is 1.28 bits per heavy atom. The summed E-state index contributed by atoms with van der Waals surface area (Å²) in [6.07, 6.45) is 0. The zero-order valence-electron chi connectivity index (χ0n) is 10.2. The lowest BCUT2D eigenvalue weighted by atomic mass is 9.84. The SMILES string of the molecule is CC1(C(=O)N(CC(N)=O)CC(N)=O)COCC1N. The highest BCUT2D eigenvalue weighted by Crippen LogP contribution is 2.29. The second kappa shape index (κ2) is 5.32. The highest BCUT2D eigenvalue weighted by Gasteiger charge is 2.46. The molecule has 0 aromatic carbocycles. The number of rotatable bonds is 5. The Balaban J connectivity index is 2.87. The Hall–Kier alpha value is -1.67. The van der Waals surface area contributed by atoms with Gasteiger partial charge in [-0.15, -0.1) is 0 Å². The van der Waals surface area contributed by atoms with E-state index in [0.29, 0.717) is 0 Å². The van der Waals surface area contributed by atoms with Crippen LogP contribution < -0.4 is 17.2 Å². The summed E-state index contributed by atoms with van der Waals surface area (Å²) in [7, 11) is 0. The topological polar surface area (TPSA) is 142 Å². The number of nitrogens with zero attached hydrogens (tertiary/aromatic N) is 1. The fraction of sp³-hybridized carbons (Fsp3) is 0.700. The van der Waals surface area contributed by atoms with Crippen molar-refractivity contribution in [2.24, 2.45) is 22.6 Å². The van der Waals surface area contributed by atoms with Crippen LogP contribution in [0.4, 0.5) is 0 Å². The number of ether oxygens (including phenoxy) is 1. The summed E-state index contributed by atoms with van der Waals surface area (Å²) in [6.45, 7) is 1.28. The zero-order chi connectivity index (χ0) is 13.9. The molecule has 0 radical (unpaired) electrons. The smallest absolute Gasteiger partial charge is 0.237 e. The molecule has 102 valence electrons. The van der Waals surface area contributed by atoms with Gasteiger partial charge in [0, 0.05) is 6.04 Å². The maximum atomic E-state index is 12.3. The average molecular weight is 258 g/mol. The summed E-state index contributed by atoms with van der Waals surface area (Å²) in [5, 5.41) is 0. The molecule has 1 saturated heterocycles. The molecular weight excluding hydrogens is 240 g/mol. The molecule has 0 aromatic heterocycles. The molecule has 1 aliphatic heterocycles. The van der Waals surface area contributed by atoms with Gasteiger partial charge in [-0.1, -0.05) is 0 Å². The van der Waals surface area contributed by atoms with E-state index >= 15 is 0 Å². The van der Waals surface area contributed by atoms with Gasteiger partial charge in [-0.25, -0.2) is 0 Å². The first kappa shape index (κ1) is 14.4. The van der Waals surface area contributed by atoms with Gasteiger partial charge in [-0.3, -0.25) is 14.4 Å². The van der Waals surface area contributed by atoms with Crippen LogP contribution in [-0.4, -0.2) is 55.0 Å². The van der Waals surface area contributed by atoms with Crippen molar-refractivity contribution < 1.29 is 19.1 Å². The molecule has 0 bridgehead atoms. The van der Waals surface area contributed by atoms with Crippen LogP contribution in [0.5, 0.6) is 0 Å². The molecule has 1 fully saturated rings. The van der Waals surface area contributed by atoms with E-state index in [9.17, 15) is 14.4 Å². The first-order valence-corrected chi connectivity index (χ1v) is 5.46. The van der Waals surface area contributed by atoms with Crippen LogP contribution in [0.2, 0.25) is 0 Å². The van der Waals surface area contributed by atoms with Crippen molar-refractivity contribution in [2.45, 2.75) is 13.0 Å². The Morgan fingerprint density at radius 2 is 1.78 bits per heavy atom. The van der Waals surface area contributed by atoms with Gasteiger partial charge in [-0.05, 0) is 6.92 Å². The molecule has 1 rings (SSSR count). The number of primary amides is 2. The quantitative estimate of drug-likeness (QED) is 0.486. The fourth-order valence-corrected chi connectivity index (χ4v) is 1.85. The fourth-order valence-electron chi connectivity index (χ4n) is 1.85. The van der Waals surface area contributed by atoms with Crippen molar-refractivity contribution in [3.63, 3.8) is 0 Å². The summed E-state index contributed by atoms with van der Waals surface area (Å²) in [6, 6.07) is -0.492. The molecule has 18 heavy (non-hydrogen) atoms. The van der Waals surface area contributed by atoms with Crippen molar-refractivity contribution >= 4 is 17.7 Å². The third-order valence-electron chi connectivity index (χ3n) is 2.99. The average Bonchev–Trinajstić information content (AvgIpc) is 2.57. The standard InChI is InChI=1S/C10H18N4O4/c1-10(5-18-4-6(10)11)9(17)14(2-7(12)15)3-8(13)16/h6H,2-5,11H2,1H3,(H2,12,15)(H2,13,16). The van der Waals surface area contributed by atoms with E-state index in [1.165, 1.54) is 0 Å². The first-order chi connectivity index (χ1) is 8.27. The molecule has 0 aromatic rings. The van der Waals surface area contributed by atoms with Crippen LogP contribution in [0.25, 0.3) is 0 Å². The molecular formula is C10H18N4O4. The number of carbonyl (C=O) groups is 3.